The van der Waals surface area contributed by atoms with E-state index in [2.05, 4.69) is 26.7 Å². The fourth-order valence-corrected chi connectivity index (χ4v) is 6.43. The average Bonchev–Trinajstić information content (AvgIpc) is 3.04. The predicted octanol–water partition coefficient (Wildman–Crippen LogP) is 4.08. The molecule has 0 N–H and O–H groups in total. The highest BCUT2D eigenvalue weighted by Crippen LogP contribution is 2.64. The molecule has 5 rings (SSSR count). The largest absolute Gasteiger partial charge is 0.335 e. The van der Waals surface area contributed by atoms with E-state index < -0.39 is 7.60 Å². The van der Waals surface area contributed by atoms with Crippen molar-refractivity contribution in [1.82, 2.24) is 14.5 Å². The van der Waals surface area contributed by atoms with Crippen LogP contribution in [0.3, 0.4) is 0 Å². The number of hydrogen-bond acceptors (Lipinski definition) is 5. The van der Waals surface area contributed by atoms with Gasteiger partial charge in [-0.05, 0) is 42.3 Å². The molecule has 1 fully saturated rings. The fourth-order valence-electron chi connectivity index (χ4n) is 4.21. The Morgan fingerprint density at radius 1 is 1.25 bits per heavy atom. The summed E-state index contributed by atoms with van der Waals surface area (Å²) in [5.74, 6) is 0.434. The highest BCUT2D eigenvalue weighted by molar-refractivity contribution is 7.54. The van der Waals surface area contributed by atoms with Gasteiger partial charge in [0, 0.05) is 32.0 Å². The van der Waals surface area contributed by atoms with E-state index in [0.717, 1.165) is 23.9 Å². The smallest absolute Gasteiger partial charge is 0.328 e. The van der Waals surface area contributed by atoms with Gasteiger partial charge in [0.05, 0.1) is 11.7 Å². The molecular weight excluding hydrogens is 349 g/mol. The van der Waals surface area contributed by atoms with Crippen molar-refractivity contribution in [1.29, 1.82) is 0 Å². The molecule has 2 heterocycles. The van der Waals surface area contributed by atoms with Gasteiger partial charge in [0.15, 0.2) is 0 Å². The van der Waals surface area contributed by atoms with E-state index in [1.165, 1.54) is 14.2 Å². The highest BCUT2D eigenvalue weighted by atomic mass is 35.5. The lowest BCUT2D eigenvalue weighted by atomic mass is 9.72. The maximum Gasteiger partial charge on any atom is 0.335 e. The quantitative estimate of drug-likeness (QED) is 0.463. The zero-order valence-corrected chi connectivity index (χ0v) is 15.2. The van der Waals surface area contributed by atoms with Crippen molar-refractivity contribution in [2.45, 2.75) is 24.5 Å². The number of allylic oxidation sites excluding steroid dienone is 2. The molecule has 0 radical (unpaired) electrons. The standard InChI is InChI=1S/C16H19ClN3O3P/c1-22-24(21,23-2)14-11-5-3-10(4-6-11)13(14)20-8-7-12-9-18-16(17)19-15(12)20/h3,5,7-11,13-14H,4,6H2,1-2H3. The van der Waals surface area contributed by atoms with Crippen molar-refractivity contribution < 1.29 is 13.6 Å². The molecule has 3 aliphatic rings. The van der Waals surface area contributed by atoms with Crippen LogP contribution in [0.5, 0.6) is 0 Å². The van der Waals surface area contributed by atoms with Crippen molar-refractivity contribution in [3.8, 4) is 0 Å². The van der Waals surface area contributed by atoms with Crippen molar-refractivity contribution in [2.75, 3.05) is 14.2 Å². The van der Waals surface area contributed by atoms with Gasteiger partial charge in [-0.15, -0.1) is 0 Å². The molecule has 0 spiro atoms. The lowest BCUT2D eigenvalue weighted by Gasteiger charge is -2.46. The SMILES string of the molecule is COP(=O)(OC)C1C2C=CC(CC2)C1n1ccc2cnc(Cl)nc21. The van der Waals surface area contributed by atoms with Crippen LogP contribution in [0.25, 0.3) is 11.0 Å². The number of aromatic nitrogens is 3. The lowest BCUT2D eigenvalue weighted by molar-refractivity contribution is 0.181. The van der Waals surface area contributed by atoms with Gasteiger partial charge in [-0.25, -0.2) is 4.98 Å². The highest BCUT2D eigenvalue weighted by Gasteiger charge is 2.52. The summed E-state index contributed by atoms with van der Waals surface area (Å²) in [5.41, 5.74) is 0.519. The Labute approximate surface area is 145 Å². The van der Waals surface area contributed by atoms with Crippen molar-refractivity contribution in [3.63, 3.8) is 0 Å². The summed E-state index contributed by atoms with van der Waals surface area (Å²) >= 11 is 5.99. The van der Waals surface area contributed by atoms with Gasteiger partial charge in [-0.3, -0.25) is 4.57 Å². The normalized spacial score (nSPS) is 29.5. The van der Waals surface area contributed by atoms with Crippen molar-refractivity contribution in [2.24, 2.45) is 11.8 Å². The molecule has 8 heteroatoms. The summed E-state index contributed by atoms with van der Waals surface area (Å²) in [6.07, 6.45) is 10.1. The van der Waals surface area contributed by atoms with Gasteiger partial charge in [0.25, 0.3) is 0 Å². The van der Waals surface area contributed by atoms with Gasteiger partial charge < -0.3 is 13.6 Å². The van der Waals surface area contributed by atoms with E-state index in [1.807, 2.05) is 12.3 Å². The molecule has 0 amide bonds. The van der Waals surface area contributed by atoms with E-state index in [9.17, 15) is 4.57 Å². The first-order valence-corrected chi connectivity index (χ1v) is 9.95. The Morgan fingerprint density at radius 3 is 2.62 bits per heavy atom. The fraction of sp³-hybridized carbons (Fsp3) is 0.500. The molecular formula is C16H19ClN3O3P. The van der Waals surface area contributed by atoms with Gasteiger partial charge in [-0.2, -0.15) is 4.98 Å². The molecule has 3 aliphatic carbocycles. The van der Waals surface area contributed by atoms with E-state index in [4.69, 9.17) is 20.6 Å². The van der Waals surface area contributed by atoms with Gasteiger partial charge in [0.2, 0.25) is 5.28 Å². The minimum atomic E-state index is -3.23. The number of hydrogen-bond donors (Lipinski definition) is 0. The van der Waals surface area contributed by atoms with Gasteiger partial charge >= 0.3 is 7.60 Å². The van der Waals surface area contributed by atoms with Crippen molar-refractivity contribution in [3.05, 3.63) is 35.9 Å². The summed E-state index contributed by atoms with van der Waals surface area (Å²) in [7, 11) is -0.317. The first-order chi connectivity index (χ1) is 11.6. The zero-order chi connectivity index (χ0) is 16.9. The second-order valence-electron chi connectivity index (χ2n) is 6.32. The van der Waals surface area contributed by atoms with Crippen LogP contribution in [0.4, 0.5) is 0 Å². The molecule has 0 aromatic carbocycles. The average molecular weight is 368 g/mol. The van der Waals surface area contributed by atoms with E-state index >= 15 is 0 Å². The van der Waals surface area contributed by atoms with Crippen molar-refractivity contribution >= 4 is 30.2 Å². The third-order valence-corrected chi connectivity index (χ3v) is 7.91. The predicted molar refractivity (Wildman–Crippen MR) is 92.3 cm³/mol. The monoisotopic (exact) mass is 367 g/mol. The molecule has 0 aliphatic heterocycles. The lowest BCUT2D eigenvalue weighted by Crippen LogP contribution is -2.42. The Kier molecular flexibility index (Phi) is 4.04. The molecule has 2 aromatic heterocycles. The zero-order valence-electron chi connectivity index (χ0n) is 13.5. The maximum atomic E-state index is 13.3. The molecule has 1 saturated carbocycles. The molecule has 4 unspecified atom stereocenters. The van der Waals surface area contributed by atoms with Crippen LogP contribution in [0.1, 0.15) is 18.9 Å². The third kappa shape index (κ3) is 2.36. The first kappa shape index (κ1) is 16.3. The summed E-state index contributed by atoms with van der Waals surface area (Å²) in [6.45, 7) is 0. The number of halogens is 1. The molecule has 2 aromatic rings. The third-order valence-electron chi connectivity index (χ3n) is 5.29. The minimum absolute atomic E-state index is 0.0389. The Hall–Kier alpha value is -1.20. The van der Waals surface area contributed by atoms with Crippen LogP contribution in [-0.4, -0.2) is 34.4 Å². The number of fused-ring (bicyclic) bond motifs is 3. The topological polar surface area (TPSA) is 66.2 Å². The molecule has 6 nitrogen and oxygen atoms in total. The molecule has 24 heavy (non-hydrogen) atoms. The second kappa shape index (κ2) is 5.95. The minimum Gasteiger partial charge on any atom is -0.328 e. The Bertz CT molecular complexity index is 844. The first-order valence-electron chi connectivity index (χ1n) is 7.96. The van der Waals surface area contributed by atoms with Crippen LogP contribution < -0.4 is 0 Å². The van der Waals surface area contributed by atoms with Crippen LogP contribution in [0, 0.1) is 11.8 Å². The summed E-state index contributed by atoms with van der Waals surface area (Å²) in [4.78, 5) is 8.42. The van der Waals surface area contributed by atoms with Crippen LogP contribution in [0.2, 0.25) is 5.28 Å². The van der Waals surface area contributed by atoms with Crippen LogP contribution >= 0.6 is 19.2 Å². The Balaban J connectivity index is 1.88. The summed E-state index contributed by atoms with van der Waals surface area (Å²) < 4.78 is 26.1. The van der Waals surface area contributed by atoms with E-state index in [0.29, 0.717) is 0 Å². The van der Waals surface area contributed by atoms with E-state index in [1.54, 1.807) is 6.20 Å². The summed E-state index contributed by atoms with van der Waals surface area (Å²) in [5, 5.41) is 1.12. The number of rotatable bonds is 4. The molecule has 128 valence electrons. The number of nitrogens with zero attached hydrogens (tertiary/aromatic N) is 3. The van der Waals surface area contributed by atoms with Crippen LogP contribution in [0.15, 0.2) is 30.6 Å². The Morgan fingerprint density at radius 2 is 1.96 bits per heavy atom. The van der Waals surface area contributed by atoms with E-state index in [-0.39, 0.29) is 28.8 Å². The van der Waals surface area contributed by atoms with Gasteiger partial charge in [-0.1, -0.05) is 12.2 Å². The molecule has 2 bridgehead atoms. The maximum absolute atomic E-state index is 13.3. The van der Waals surface area contributed by atoms with Gasteiger partial charge in [0.1, 0.15) is 5.65 Å². The second-order valence-corrected chi connectivity index (χ2v) is 9.06. The summed E-state index contributed by atoms with van der Waals surface area (Å²) in [6, 6.07) is 1.92. The molecule has 4 atom stereocenters. The van der Waals surface area contributed by atoms with Crippen LogP contribution in [-0.2, 0) is 13.6 Å². The molecule has 0 saturated heterocycles.